The first kappa shape index (κ1) is 34.1. The lowest BCUT2D eigenvalue weighted by Crippen LogP contribution is -2.37. The number of imidazole rings is 2. The highest BCUT2D eigenvalue weighted by atomic mass is 16.6. The molecular formula is C40H48N6O6. The van der Waals surface area contributed by atoms with Crippen LogP contribution >= 0.6 is 0 Å². The van der Waals surface area contributed by atoms with Crippen molar-refractivity contribution in [3.05, 3.63) is 59.4 Å². The largest absolute Gasteiger partial charge is 0.488 e. The molecule has 2 aromatic heterocycles. The Hall–Kier alpha value is -5.00. The molecule has 0 bridgehead atoms. The van der Waals surface area contributed by atoms with Crippen molar-refractivity contribution < 1.29 is 28.5 Å². The van der Waals surface area contributed by atoms with Gasteiger partial charge in [0.15, 0.2) is 0 Å². The Morgan fingerprint density at radius 2 is 1.10 bits per heavy atom. The molecule has 0 saturated carbocycles. The maximum absolute atomic E-state index is 13.1. The number of aromatic amines is 2. The number of nitrogens with one attached hydrogen (secondary N) is 2. The van der Waals surface area contributed by atoms with Crippen molar-refractivity contribution in [2.75, 3.05) is 13.1 Å². The summed E-state index contributed by atoms with van der Waals surface area (Å²) in [6.45, 7) is 17.6. The quantitative estimate of drug-likeness (QED) is 0.215. The van der Waals surface area contributed by atoms with Gasteiger partial charge in [0.05, 0.1) is 35.9 Å². The van der Waals surface area contributed by atoms with Crippen molar-refractivity contribution in [1.29, 1.82) is 0 Å². The van der Waals surface area contributed by atoms with E-state index in [9.17, 15) is 9.59 Å². The van der Waals surface area contributed by atoms with E-state index < -0.39 is 11.2 Å². The molecule has 0 radical (unpaired) electrons. The Bertz CT molecular complexity index is 1860. The predicted octanol–water partition coefficient (Wildman–Crippen LogP) is 8.55. The highest BCUT2D eigenvalue weighted by molar-refractivity contribution is 5.88. The van der Waals surface area contributed by atoms with E-state index in [0.717, 1.165) is 80.8 Å². The summed E-state index contributed by atoms with van der Waals surface area (Å²) in [6, 6.07) is 8.02. The number of ether oxygens (including phenoxy) is 4. The summed E-state index contributed by atoms with van der Waals surface area (Å²) in [5.41, 5.74) is 6.63. The van der Waals surface area contributed by atoms with Gasteiger partial charge in [0, 0.05) is 46.5 Å². The minimum Gasteiger partial charge on any atom is -0.488 e. The number of aromatic nitrogens is 4. The van der Waals surface area contributed by atoms with Crippen LogP contribution in [0.1, 0.15) is 103 Å². The van der Waals surface area contributed by atoms with E-state index in [1.807, 2.05) is 53.9 Å². The van der Waals surface area contributed by atoms with E-state index in [0.29, 0.717) is 38.1 Å². The third-order valence-corrected chi connectivity index (χ3v) is 10.1. The van der Waals surface area contributed by atoms with Crippen LogP contribution in [0.5, 0.6) is 11.5 Å². The highest BCUT2D eigenvalue weighted by Crippen LogP contribution is 2.51. The fraction of sp³-hybridized carbons (Fsp3) is 0.500. The molecule has 2 N–H and O–H groups in total. The Balaban J connectivity index is 1.05. The molecule has 52 heavy (non-hydrogen) atoms. The van der Waals surface area contributed by atoms with Crippen molar-refractivity contribution in [3.8, 4) is 45.1 Å². The zero-order chi connectivity index (χ0) is 36.7. The second-order valence-corrected chi connectivity index (χ2v) is 16.9. The van der Waals surface area contributed by atoms with Crippen LogP contribution in [-0.2, 0) is 22.7 Å². The second-order valence-electron chi connectivity index (χ2n) is 16.9. The monoisotopic (exact) mass is 708 g/mol. The number of benzene rings is 2. The van der Waals surface area contributed by atoms with Crippen LogP contribution in [0.25, 0.3) is 33.6 Å². The Morgan fingerprint density at radius 1 is 0.692 bits per heavy atom. The van der Waals surface area contributed by atoms with Gasteiger partial charge in [-0.25, -0.2) is 19.6 Å². The number of rotatable bonds is 4. The van der Waals surface area contributed by atoms with Crippen LogP contribution in [0.3, 0.4) is 0 Å². The minimum absolute atomic E-state index is 0.186. The SMILES string of the molecule is C[C@H]1C[C@@H](c2ncc(-c3cc4c5c(c3)OCc3cc(-c6cnc([C@@H]7C[C@H](C)CN7C(=O)OC(C)(C)C)[nH]6)cc(c3-5)OC4)[nH]2)N(C(=O)OC(C)(C)C)C1. The van der Waals surface area contributed by atoms with E-state index in [4.69, 9.17) is 28.9 Å². The lowest BCUT2D eigenvalue weighted by Gasteiger charge is -2.30. The zero-order valence-electron chi connectivity index (χ0n) is 31.3. The molecule has 4 aliphatic rings. The summed E-state index contributed by atoms with van der Waals surface area (Å²) in [7, 11) is 0. The first-order chi connectivity index (χ1) is 24.6. The third-order valence-electron chi connectivity index (χ3n) is 10.1. The van der Waals surface area contributed by atoms with Crippen LogP contribution < -0.4 is 9.47 Å². The summed E-state index contributed by atoms with van der Waals surface area (Å²) >= 11 is 0. The van der Waals surface area contributed by atoms with E-state index in [2.05, 4.69) is 48.1 Å². The summed E-state index contributed by atoms with van der Waals surface area (Å²) < 4.78 is 24.3. The second kappa shape index (κ2) is 12.3. The molecule has 2 aromatic carbocycles. The van der Waals surface area contributed by atoms with Gasteiger partial charge in [-0.05, 0) is 90.5 Å². The maximum atomic E-state index is 13.1. The van der Waals surface area contributed by atoms with Crippen molar-refractivity contribution in [3.63, 3.8) is 0 Å². The molecule has 4 aromatic rings. The van der Waals surface area contributed by atoms with Gasteiger partial charge in [-0.15, -0.1) is 0 Å². The van der Waals surface area contributed by atoms with Crippen molar-refractivity contribution >= 4 is 12.2 Å². The molecule has 0 spiro atoms. The van der Waals surface area contributed by atoms with E-state index in [1.54, 1.807) is 9.80 Å². The number of amides is 2. The number of hydrogen-bond acceptors (Lipinski definition) is 8. The smallest absolute Gasteiger partial charge is 0.410 e. The molecule has 2 amide bonds. The number of likely N-dealkylation sites (tertiary alicyclic amines) is 2. The molecule has 0 unspecified atom stereocenters. The fourth-order valence-electron chi connectivity index (χ4n) is 7.95. The summed E-state index contributed by atoms with van der Waals surface area (Å²) in [5.74, 6) is 3.77. The average molecular weight is 709 g/mol. The maximum Gasteiger partial charge on any atom is 0.410 e. The molecule has 0 aliphatic carbocycles. The van der Waals surface area contributed by atoms with Crippen LogP contribution in [0.15, 0.2) is 36.7 Å². The first-order valence-corrected chi connectivity index (χ1v) is 18.3. The summed E-state index contributed by atoms with van der Waals surface area (Å²) in [6.07, 6.45) is 4.64. The third kappa shape index (κ3) is 6.36. The van der Waals surface area contributed by atoms with Gasteiger partial charge in [0.1, 0.15) is 47.6 Å². The Kier molecular flexibility index (Phi) is 8.07. The van der Waals surface area contributed by atoms with Gasteiger partial charge in [-0.2, -0.15) is 0 Å². The van der Waals surface area contributed by atoms with Crippen LogP contribution in [-0.4, -0.2) is 66.2 Å². The summed E-state index contributed by atoms with van der Waals surface area (Å²) in [4.78, 5) is 46.2. The van der Waals surface area contributed by atoms with E-state index in [-0.39, 0.29) is 24.3 Å². The zero-order valence-corrected chi connectivity index (χ0v) is 31.3. The number of carbonyl (C=O) groups excluding carboxylic acids is 2. The molecule has 12 nitrogen and oxygen atoms in total. The average Bonchev–Trinajstić information content (AvgIpc) is 3.88. The number of carbonyl (C=O) groups is 2. The lowest BCUT2D eigenvalue weighted by atomic mass is 9.87. The summed E-state index contributed by atoms with van der Waals surface area (Å²) in [5, 5.41) is 0. The molecule has 12 heteroatoms. The number of nitrogens with zero attached hydrogens (tertiary/aromatic N) is 4. The number of H-pyrrole nitrogens is 2. The van der Waals surface area contributed by atoms with Gasteiger partial charge in [0.2, 0.25) is 0 Å². The molecular weight excluding hydrogens is 660 g/mol. The molecule has 8 rings (SSSR count). The standard InChI is InChI=1S/C40H48N6O6/c1-21-9-29(45(17-21)37(47)51-39(3,4)5)35-41-15-27(43-35)23-11-25-19-50-32-14-24(12-26-20-49-31(13-23)33(25)34(26)32)28-16-42-36(44-28)30-10-22(2)18-46(30)38(48)52-40(6,7)8/h11-16,21-22,29-30H,9-10,17-20H2,1-8H3,(H,41,43)(H,42,44)/t21-,22-,29-,30-/m0/s1. The normalized spacial score (nSPS) is 22.2. The van der Waals surface area contributed by atoms with E-state index in [1.165, 1.54) is 0 Å². The van der Waals surface area contributed by atoms with Gasteiger partial charge in [0.25, 0.3) is 0 Å². The van der Waals surface area contributed by atoms with Gasteiger partial charge in [-0.1, -0.05) is 13.8 Å². The Labute approximate surface area is 304 Å². The van der Waals surface area contributed by atoms with Crippen LogP contribution in [0.2, 0.25) is 0 Å². The minimum atomic E-state index is -0.571. The van der Waals surface area contributed by atoms with Crippen LogP contribution in [0.4, 0.5) is 9.59 Å². The van der Waals surface area contributed by atoms with Gasteiger partial charge in [-0.3, -0.25) is 9.80 Å². The molecule has 2 fully saturated rings. The lowest BCUT2D eigenvalue weighted by molar-refractivity contribution is 0.0204. The topological polar surface area (TPSA) is 135 Å². The number of hydrogen-bond donors (Lipinski definition) is 2. The van der Waals surface area contributed by atoms with Crippen molar-refractivity contribution in [1.82, 2.24) is 29.7 Å². The Morgan fingerprint density at radius 3 is 1.48 bits per heavy atom. The van der Waals surface area contributed by atoms with Crippen molar-refractivity contribution in [2.24, 2.45) is 11.8 Å². The van der Waals surface area contributed by atoms with Crippen molar-refractivity contribution in [2.45, 2.75) is 105 Å². The molecule has 6 heterocycles. The predicted molar refractivity (Wildman–Crippen MR) is 195 cm³/mol. The molecule has 4 aliphatic heterocycles. The fourth-order valence-corrected chi connectivity index (χ4v) is 7.95. The molecule has 274 valence electrons. The first-order valence-electron chi connectivity index (χ1n) is 18.3. The molecule has 4 atom stereocenters. The molecule has 2 saturated heterocycles. The van der Waals surface area contributed by atoms with Gasteiger partial charge >= 0.3 is 12.2 Å². The highest BCUT2D eigenvalue weighted by Gasteiger charge is 2.40. The van der Waals surface area contributed by atoms with E-state index >= 15 is 0 Å². The van der Waals surface area contributed by atoms with Gasteiger partial charge < -0.3 is 28.9 Å². The van der Waals surface area contributed by atoms with Crippen LogP contribution in [0, 0.1) is 11.8 Å².